The highest BCUT2D eigenvalue weighted by Gasteiger charge is 2.24. The lowest BCUT2D eigenvalue weighted by Crippen LogP contribution is -2.42. The van der Waals surface area contributed by atoms with Gasteiger partial charge in [0, 0.05) is 24.4 Å². The van der Waals surface area contributed by atoms with E-state index in [1.807, 2.05) is 50.4 Å². The van der Waals surface area contributed by atoms with E-state index in [-0.39, 0.29) is 36.2 Å². The topological polar surface area (TPSA) is 41.1 Å². The van der Waals surface area contributed by atoms with Crippen molar-refractivity contribution in [2.75, 3.05) is 13.6 Å². The van der Waals surface area contributed by atoms with Gasteiger partial charge in [0.15, 0.2) is 0 Å². The molecule has 0 aliphatic rings. The highest BCUT2D eigenvalue weighted by atomic mass is 35.5. The number of carbonyl (C=O) groups is 1. The summed E-state index contributed by atoms with van der Waals surface area (Å²) < 4.78 is 0. The van der Waals surface area contributed by atoms with Crippen LogP contribution in [0, 0.1) is 5.92 Å². The van der Waals surface area contributed by atoms with Crippen molar-refractivity contribution >= 4 is 18.3 Å². The van der Waals surface area contributed by atoms with Crippen molar-refractivity contribution in [3.05, 3.63) is 71.8 Å². The Morgan fingerprint density at radius 3 is 1.79 bits per heavy atom. The Morgan fingerprint density at radius 1 is 0.917 bits per heavy atom. The van der Waals surface area contributed by atoms with Crippen molar-refractivity contribution in [2.45, 2.75) is 25.8 Å². The summed E-state index contributed by atoms with van der Waals surface area (Å²) in [7, 11) is 1.87. The molecule has 3 nitrogen and oxygen atoms in total. The third kappa shape index (κ3) is 5.36. The Balaban J connectivity index is 0.00000288. The summed E-state index contributed by atoms with van der Waals surface area (Å²) in [5.74, 6) is 0.182. The summed E-state index contributed by atoms with van der Waals surface area (Å²) in [6.07, 6.45) is 0. The minimum absolute atomic E-state index is 0. The number of hydrogen-bond acceptors (Lipinski definition) is 2. The van der Waals surface area contributed by atoms with Gasteiger partial charge in [0.05, 0.1) is 0 Å². The van der Waals surface area contributed by atoms with Gasteiger partial charge in [-0.25, -0.2) is 0 Å². The fraction of sp³-hybridized carbons (Fsp3) is 0.350. The Labute approximate surface area is 151 Å². The molecule has 0 saturated carbocycles. The van der Waals surface area contributed by atoms with Crippen LogP contribution in [0.25, 0.3) is 0 Å². The van der Waals surface area contributed by atoms with Gasteiger partial charge in [0.1, 0.15) is 0 Å². The Hall–Kier alpha value is -1.84. The third-order valence-corrected chi connectivity index (χ3v) is 4.15. The molecular formula is C20H27ClN2O. The summed E-state index contributed by atoms with van der Waals surface area (Å²) >= 11 is 0. The molecule has 2 rings (SSSR count). The molecule has 4 heteroatoms. The minimum atomic E-state index is -0.0466. The molecule has 2 N–H and O–H groups in total. The second-order valence-corrected chi connectivity index (χ2v) is 6.06. The van der Waals surface area contributed by atoms with Gasteiger partial charge in [-0.3, -0.25) is 4.79 Å². The zero-order chi connectivity index (χ0) is 16.7. The van der Waals surface area contributed by atoms with Gasteiger partial charge in [-0.15, -0.1) is 12.4 Å². The van der Waals surface area contributed by atoms with Crippen LogP contribution >= 0.6 is 12.4 Å². The molecule has 24 heavy (non-hydrogen) atoms. The molecule has 0 aliphatic heterocycles. The number of amides is 1. The molecule has 130 valence electrons. The van der Waals surface area contributed by atoms with Gasteiger partial charge in [-0.2, -0.15) is 0 Å². The Morgan fingerprint density at radius 2 is 1.38 bits per heavy atom. The predicted octanol–water partition coefficient (Wildman–Crippen LogP) is 3.60. The molecule has 1 amide bonds. The highest BCUT2D eigenvalue weighted by Crippen LogP contribution is 2.28. The maximum Gasteiger partial charge on any atom is 0.224 e. The normalized spacial score (nSPS) is 13.0. The zero-order valence-electron chi connectivity index (χ0n) is 14.5. The Kier molecular flexibility index (Phi) is 8.51. The third-order valence-electron chi connectivity index (χ3n) is 4.15. The lowest BCUT2D eigenvalue weighted by Gasteiger charge is -2.27. The first kappa shape index (κ1) is 20.2. The van der Waals surface area contributed by atoms with Crippen molar-refractivity contribution < 1.29 is 4.79 Å². The van der Waals surface area contributed by atoms with E-state index in [2.05, 4.69) is 41.8 Å². The number of benzene rings is 2. The number of rotatable bonds is 7. The number of hydrogen-bond donors (Lipinski definition) is 2. The molecule has 0 aliphatic carbocycles. The van der Waals surface area contributed by atoms with Crippen LogP contribution in [0.3, 0.4) is 0 Å². The molecule has 2 atom stereocenters. The average Bonchev–Trinajstić information content (AvgIpc) is 2.57. The van der Waals surface area contributed by atoms with Crippen LogP contribution in [0.2, 0.25) is 0 Å². The molecule has 0 bridgehead atoms. The maximum absolute atomic E-state index is 12.4. The SMILES string of the molecule is CNCC(C)C(=O)NC(C)C(c1ccccc1)c1ccccc1.Cl. The molecule has 0 aromatic heterocycles. The van der Waals surface area contributed by atoms with Crippen LogP contribution < -0.4 is 10.6 Å². The monoisotopic (exact) mass is 346 g/mol. The van der Waals surface area contributed by atoms with E-state index < -0.39 is 0 Å². The quantitative estimate of drug-likeness (QED) is 0.804. The van der Waals surface area contributed by atoms with Gasteiger partial charge >= 0.3 is 0 Å². The van der Waals surface area contributed by atoms with Crippen LogP contribution in [0.4, 0.5) is 0 Å². The number of halogens is 1. The predicted molar refractivity (Wildman–Crippen MR) is 103 cm³/mol. The summed E-state index contributed by atoms with van der Waals surface area (Å²) in [5, 5.41) is 6.24. The van der Waals surface area contributed by atoms with Crippen molar-refractivity contribution in [3.8, 4) is 0 Å². The Bertz CT molecular complexity index is 564. The van der Waals surface area contributed by atoms with E-state index in [0.29, 0.717) is 6.54 Å². The average molecular weight is 347 g/mol. The van der Waals surface area contributed by atoms with Crippen LogP contribution in [-0.4, -0.2) is 25.5 Å². The fourth-order valence-electron chi connectivity index (χ4n) is 2.94. The molecule has 2 aromatic carbocycles. The first-order valence-electron chi connectivity index (χ1n) is 8.18. The molecule has 0 heterocycles. The molecule has 2 unspecified atom stereocenters. The van der Waals surface area contributed by atoms with Gasteiger partial charge in [0.2, 0.25) is 5.91 Å². The summed E-state index contributed by atoms with van der Waals surface area (Å²) in [4.78, 5) is 12.4. The van der Waals surface area contributed by atoms with E-state index in [4.69, 9.17) is 0 Å². The second-order valence-electron chi connectivity index (χ2n) is 6.06. The van der Waals surface area contributed by atoms with Gasteiger partial charge < -0.3 is 10.6 Å². The van der Waals surface area contributed by atoms with E-state index >= 15 is 0 Å². The van der Waals surface area contributed by atoms with E-state index in [1.54, 1.807) is 0 Å². The fourth-order valence-corrected chi connectivity index (χ4v) is 2.94. The largest absolute Gasteiger partial charge is 0.352 e. The van der Waals surface area contributed by atoms with Crippen molar-refractivity contribution in [3.63, 3.8) is 0 Å². The first-order chi connectivity index (χ1) is 11.1. The van der Waals surface area contributed by atoms with Gasteiger partial charge in [0.25, 0.3) is 0 Å². The van der Waals surface area contributed by atoms with Crippen LogP contribution in [0.1, 0.15) is 30.9 Å². The maximum atomic E-state index is 12.4. The summed E-state index contributed by atoms with van der Waals surface area (Å²) in [5.41, 5.74) is 2.43. The first-order valence-corrected chi connectivity index (χ1v) is 8.18. The van der Waals surface area contributed by atoms with Crippen LogP contribution in [0.5, 0.6) is 0 Å². The lowest BCUT2D eigenvalue weighted by molar-refractivity contribution is -0.125. The molecular weight excluding hydrogens is 320 g/mol. The molecule has 0 radical (unpaired) electrons. The molecule has 0 spiro atoms. The molecule has 0 fully saturated rings. The number of carbonyl (C=O) groups excluding carboxylic acids is 1. The van der Waals surface area contributed by atoms with Gasteiger partial charge in [-0.1, -0.05) is 67.6 Å². The molecule has 2 aromatic rings. The van der Waals surface area contributed by atoms with Crippen molar-refractivity contribution in [2.24, 2.45) is 5.92 Å². The summed E-state index contributed by atoms with van der Waals surface area (Å²) in [6, 6.07) is 20.7. The lowest BCUT2D eigenvalue weighted by atomic mass is 9.85. The highest BCUT2D eigenvalue weighted by molar-refractivity contribution is 5.85. The molecule has 0 saturated heterocycles. The van der Waals surface area contributed by atoms with Crippen LogP contribution in [-0.2, 0) is 4.79 Å². The van der Waals surface area contributed by atoms with Gasteiger partial charge in [-0.05, 0) is 25.1 Å². The summed E-state index contributed by atoms with van der Waals surface area (Å²) in [6.45, 7) is 4.70. The zero-order valence-corrected chi connectivity index (χ0v) is 15.3. The number of nitrogens with one attached hydrogen (secondary N) is 2. The standard InChI is InChI=1S/C20H26N2O.ClH/c1-15(14-21-3)20(23)22-16(2)19(17-10-6-4-7-11-17)18-12-8-5-9-13-18;/h4-13,15-16,19,21H,14H2,1-3H3,(H,22,23);1H. The van der Waals surface area contributed by atoms with Crippen molar-refractivity contribution in [1.82, 2.24) is 10.6 Å². The van der Waals surface area contributed by atoms with Crippen molar-refractivity contribution in [1.29, 1.82) is 0 Å². The van der Waals surface area contributed by atoms with E-state index in [0.717, 1.165) is 0 Å². The van der Waals surface area contributed by atoms with E-state index in [1.165, 1.54) is 11.1 Å². The van der Waals surface area contributed by atoms with E-state index in [9.17, 15) is 4.79 Å². The minimum Gasteiger partial charge on any atom is -0.352 e. The second kappa shape index (κ2) is 10.1. The van der Waals surface area contributed by atoms with Crippen LogP contribution in [0.15, 0.2) is 60.7 Å². The smallest absolute Gasteiger partial charge is 0.224 e.